The molecular formula is C16H22N4O2. The Hall–Kier alpha value is -1.69. The highest BCUT2D eigenvalue weighted by Crippen LogP contribution is 2.28. The summed E-state index contributed by atoms with van der Waals surface area (Å²) in [4.78, 5) is 23.3. The van der Waals surface area contributed by atoms with Gasteiger partial charge in [-0.25, -0.2) is 9.97 Å². The third kappa shape index (κ3) is 2.79. The number of amides is 1. The zero-order chi connectivity index (χ0) is 14.9. The third-order valence-electron chi connectivity index (χ3n) is 4.72. The Balaban J connectivity index is 1.48. The van der Waals surface area contributed by atoms with Crippen LogP contribution in [0.2, 0.25) is 0 Å². The molecule has 4 rings (SSSR count). The van der Waals surface area contributed by atoms with Crippen LogP contribution in [0.15, 0.2) is 6.33 Å². The molecular weight excluding hydrogens is 280 g/mol. The van der Waals surface area contributed by atoms with E-state index in [9.17, 15) is 4.79 Å². The molecule has 3 aliphatic rings. The summed E-state index contributed by atoms with van der Waals surface area (Å²) in [6, 6.07) is 0.576. The van der Waals surface area contributed by atoms with Crippen LogP contribution in [0, 0.1) is 0 Å². The van der Waals surface area contributed by atoms with Crippen LogP contribution in [0.3, 0.4) is 0 Å². The number of hydrogen-bond acceptors (Lipinski definition) is 5. The quantitative estimate of drug-likeness (QED) is 0.907. The van der Waals surface area contributed by atoms with E-state index in [-0.39, 0.29) is 12.0 Å². The standard InChI is InChI=1S/C16H22N4O2/c21-16(14-2-1-9-22-14)20-7-5-12-13(6-8-20)17-10-18-15(12)19-11-3-4-11/h10-11,14H,1-9H2,(H,17,18,19)/t14-/m1/s1. The van der Waals surface area contributed by atoms with E-state index in [0.29, 0.717) is 12.6 Å². The van der Waals surface area contributed by atoms with Crippen molar-refractivity contribution in [2.75, 3.05) is 25.0 Å². The Morgan fingerprint density at radius 2 is 2.09 bits per heavy atom. The monoisotopic (exact) mass is 302 g/mol. The molecule has 1 saturated carbocycles. The lowest BCUT2D eigenvalue weighted by atomic mass is 10.1. The fraction of sp³-hybridized carbons (Fsp3) is 0.688. The molecule has 1 aromatic heterocycles. The van der Waals surface area contributed by atoms with Crippen molar-refractivity contribution < 1.29 is 9.53 Å². The Labute approximate surface area is 130 Å². The second-order valence-electron chi connectivity index (χ2n) is 6.39. The fourth-order valence-electron chi connectivity index (χ4n) is 3.27. The van der Waals surface area contributed by atoms with Crippen molar-refractivity contribution in [3.63, 3.8) is 0 Å². The van der Waals surface area contributed by atoms with Crippen LogP contribution >= 0.6 is 0 Å². The van der Waals surface area contributed by atoms with E-state index in [1.165, 1.54) is 18.4 Å². The van der Waals surface area contributed by atoms with Crippen LogP contribution in [-0.2, 0) is 22.4 Å². The average molecular weight is 302 g/mol. The number of anilines is 1. The molecule has 1 saturated heterocycles. The lowest BCUT2D eigenvalue weighted by Gasteiger charge is -2.23. The zero-order valence-corrected chi connectivity index (χ0v) is 12.8. The summed E-state index contributed by atoms with van der Waals surface area (Å²) in [7, 11) is 0. The molecule has 1 N–H and O–H groups in total. The maximum atomic E-state index is 12.5. The van der Waals surface area contributed by atoms with Gasteiger partial charge in [0.15, 0.2) is 0 Å². The minimum absolute atomic E-state index is 0.148. The molecule has 0 bridgehead atoms. The summed E-state index contributed by atoms with van der Waals surface area (Å²) in [6.45, 7) is 2.18. The van der Waals surface area contributed by atoms with Crippen molar-refractivity contribution >= 4 is 11.7 Å². The van der Waals surface area contributed by atoms with Crippen LogP contribution in [-0.4, -0.2) is 52.6 Å². The first-order valence-electron chi connectivity index (χ1n) is 8.31. The molecule has 3 heterocycles. The zero-order valence-electron chi connectivity index (χ0n) is 12.8. The molecule has 0 radical (unpaired) electrons. The van der Waals surface area contributed by atoms with E-state index in [2.05, 4.69) is 15.3 Å². The highest BCUT2D eigenvalue weighted by Gasteiger charge is 2.30. The molecule has 0 aromatic carbocycles. The number of nitrogens with zero attached hydrogens (tertiary/aromatic N) is 3. The van der Waals surface area contributed by atoms with Crippen LogP contribution in [0.5, 0.6) is 0 Å². The van der Waals surface area contributed by atoms with Crippen molar-refractivity contribution in [3.05, 3.63) is 17.6 Å². The van der Waals surface area contributed by atoms with Crippen LogP contribution in [0.1, 0.15) is 36.9 Å². The Morgan fingerprint density at radius 1 is 1.23 bits per heavy atom. The van der Waals surface area contributed by atoms with Crippen LogP contribution < -0.4 is 5.32 Å². The first kappa shape index (κ1) is 13.9. The summed E-state index contributed by atoms with van der Waals surface area (Å²) in [5.74, 6) is 1.12. The van der Waals surface area contributed by atoms with Crippen molar-refractivity contribution in [3.8, 4) is 0 Å². The molecule has 1 aliphatic carbocycles. The summed E-state index contributed by atoms with van der Waals surface area (Å²) in [5, 5.41) is 3.49. The second kappa shape index (κ2) is 5.83. The fourth-order valence-corrected chi connectivity index (χ4v) is 3.27. The lowest BCUT2D eigenvalue weighted by Crippen LogP contribution is -2.40. The van der Waals surface area contributed by atoms with Gasteiger partial charge < -0.3 is 15.0 Å². The maximum Gasteiger partial charge on any atom is 0.251 e. The predicted molar refractivity (Wildman–Crippen MR) is 81.6 cm³/mol. The minimum atomic E-state index is -0.226. The number of ether oxygens (including phenoxy) is 1. The van der Waals surface area contributed by atoms with E-state index in [1.54, 1.807) is 6.33 Å². The Morgan fingerprint density at radius 3 is 2.86 bits per heavy atom. The number of hydrogen-bond donors (Lipinski definition) is 1. The molecule has 1 amide bonds. The van der Waals surface area contributed by atoms with Crippen LogP contribution in [0.25, 0.3) is 0 Å². The first-order valence-corrected chi connectivity index (χ1v) is 8.31. The van der Waals surface area contributed by atoms with E-state index >= 15 is 0 Å². The van der Waals surface area contributed by atoms with Crippen molar-refractivity contribution in [2.24, 2.45) is 0 Å². The molecule has 6 heteroatoms. The Bertz CT molecular complexity index is 567. The summed E-state index contributed by atoms with van der Waals surface area (Å²) in [6.07, 6.45) is 7.34. The number of aromatic nitrogens is 2. The molecule has 22 heavy (non-hydrogen) atoms. The third-order valence-corrected chi connectivity index (χ3v) is 4.72. The van der Waals surface area contributed by atoms with E-state index < -0.39 is 0 Å². The van der Waals surface area contributed by atoms with Gasteiger partial charge in [-0.15, -0.1) is 0 Å². The summed E-state index contributed by atoms with van der Waals surface area (Å²) in [5.41, 5.74) is 2.28. The molecule has 6 nitrogen and oxygen atoms in total. The molecule has 2 fully saturated rings. The van der Waals surface area contributed by atoms with Gasteiger partial charge in [0, 0.05) is 37.7 Å². The van der Waals surface area contributed by atoms with Gasteiger partial charge in [-0.05, 0) is 32.1 Å². The predicted octanol–water partition coefficient (Wildman–Crippen LogP) is 1.16. The van der Waals surface area contributed by atoms with Gasteiger partial charge in [0.05, 0.1) is 5.69 Å². The summed E-state index contributed by atoms with van der Waals surface area (Å²) < 4.78 is 5.54. The molecule has 0 unspecified atom stereocenters. The SMILES string of the molecule is O=C([C@H]1CCCO1)N1CCc2ncnc(NC3CC3)c2CC1. The second-order valence-corrected chi connectivity index (χ2v) is 6.39. The summed E-state index contributed by atoms with van der Waals surface area (Å²) >= 11 is 0. The minimum Gasteiger partial charge on any atom is -0.368 e. The molecule has 1 aromatic rings. The first-order chi connectivity index (χ1) is 10.8. The van der Waals surface area contributed by atoms with Gasteiger partial charge in [0.1, 0.15) is 18.2 Å². The highest BCUT2D eigenvalue weighted by molar-refractivity contribution is 5.81. The van der Waals surface area contributed by atoms with Crippen LogP contribution in [0.4, 0.5) is 5.82 Å². The number of rotatable bonds is 3. The molecule has 0 spiro atoms. The van der Waals surface area contributed by atoms with Gasteiger partial charge in [0.2, 0.25) is 0 Å². The number of fused-ring (bicyclic) bond motifs is 1. The van der Waals surface area contributed by atoms with Gasteiger partial charge in [-0.2, -0.15) is 0 Å². The van der Waals surface area contributed by atoms with Crippen molar-refractivity contribution in [2.45, 2.75) is 50.7 Å². The number of nitrogens with one attached hydrogen (secondary N) is 1. The Kier molecular flexibility index (Phi) is 3.70. The highest BCUT2D eigenvalue weighted by atomic mass is 16.5. The average Bonchev–Trinajstić information content (AvgIpc) is 3.23. The molecule has 1 atom stereocenters. The van der Waals surface area contributed by atoms with Gasteiger partial charge in [-0.3, -0.25) is 4.79 Å². The normalized spacial score (nSPS) is 24.7. The largest absolute Gasteiger partial charge is 0.368 e. The number of carbonyl (C=O) groups is 1. The van der Waals surface area contributed by atoms with E-state index in [1.807, 2.05) is 4.90 Å². The maximum absolute atomic E-state index is 12.5. The van der Waals surface area contributed by atoms with Crippen molar-refractivity contribution in [1.82, 2.24) is 14.9 Å². The molecule has 118 valence electrons. The van der Waals surface area contributed by atoms with E-state index in [0.717, 1.165) is 50.3 Å². The lowest BCUT2D eigenvalue weighted by molar-refractivity contribution is -0.140. The topological polar surface area (TPSA) is 67.3 Å². The van der Waals surface area contributed by atoms with Crippen molar-refractivity contribution in [1.29, 1.82) is 0 Å². The van der Waals surface area contributed by atoms with E-state index in [4.69, 9.17) is 4.74 Å². The number of carbonyl (C=O) groups excluding carboxylic acids is 1. The molecule has 2 aliphatic heterocycles. The smallest absolute Gasteiger partial charge is 0.251 e. The van der Waals surface area contributed by atoms with Gasteiger partial charge in [-0.1, -0.05) is 0 Å². The van der Waals surface area contributed by atoms with Gasteiger partial charge >= 0.3 is 0 Å². The van der Waals surface area contributed by atoms with Gasteiger partial charge in [0.25, 0.3) is 5.91 Å².